The lowest BCUT2D eigenvalue weighted by atomic mass is 9.88. The van der Waals surface area contributed by atoms with Crippen molar-refractivity contribution >= 4 is 11.8 Å². The van der Waals surface area contributed by atoms with Gasteiger partial charge in [-0.2, -0.15) is 0 Å². The summed E-state index contributed by atoms with van der Waals surface area (Å²) in [6.07, 6.45) is 0. The van der Waals surface area contributed by atoms with E-state index in [-0.39, 0.29) is 11.3 Å². The molecule has 2 aromatic carbocycles. The molecule has 1 fully saturated rings. The fourth-order valence-electron chi connectivity index (χ4n) is 4.08. The maximum Gasteiger partial charge on any atom is 0.255 e. The molecule has 0 aromatic heterocycles. The molecule has 9 nitrogen and oxygen atoms in total. The predicted octanol–water partition coefficient (Wildman–Crippen LogP) is 1.18. The van der Waals surface area contributed by atoms with Crippen LogP contribution in [0, 0.1) is 5.41 Å². The SMILES string of the molecule is COc1ccccc1C(=O)NCc1ccc(C2NN(CC3(C)COC3)C(N)=C2C(N)=O)cc1. The first-order chi connectivity index (χ1) is 15.8. The summed E-state index contributed by atoms with van der Waals surface area (Å²) >= 11 is 0. The summed E-state index contributed by atoms with van der Waals surface area (Å²) in [5.74, 6) is 0.0853. The number of rotatable bonds is 8. The van der Waals surface area contributed by atoms with Crippen LogP contribution >= 0.6 is 0 Å². The van der Waals surface area contributed by atoms with Crippen LogP contribution in [0.3, 0.4) is 0 Å². The average molecular weight is 452 g/mol. The second kappa shape index (κ2) is 9.13. The zero-order chi connectivity index (χ0) is 23.6. The number of ether oxygens (including phenoxy) is 2. The number of methoxy groups -OCH3 is 1. The number of carbonyl (C=O) groups excluding carboxylic acids is 2. The lowest BCUT2D eigenvalue weighted by molar-refractivity contribution is -0.115. The van der Waals surface area contributed by atoms with Crippen LogP contribution in [0.2, 0.25) is 0 Å². The fourth-order valence-corrected chi connectivity index (χ4v) is 4.08. The van der Waals surface area contributed by atoms with E-state index in [9.17, 15) is 9.59 Å². The third-order valence-corrected chi connectivity index (χ3v) is 5.96. The summed E-state index contributed by atoms with van der Waals surface area (Å²) in [5, 5.41) is 4.69. The molecule has 0 radical (unpaired) electrons. The number of hydrazine groups is 1. The molecular weight excluding hydrogens is 422 g/mol. The van der Waals surface area contributed by atoms with E-state index in [1.807, 2.05) is 30.3 Å². The molecule has 1 saturated heterocycles. The Hall–Kier alpha value is -3.56. The highest BCUT2D eigenvalue weighted by molar-refractivity contribution is 5.97. The van der Waals surface area contributed by atoms with Crippen molar-refractivity contribution in [3.05, 3.63) is 76.6 Å². The van der Waals surface area contributed by atoms with Crippen molar-refractivity contribution in [2.24, 2.45) is 16.9 Å². The highest BCUT2D eigenvalue weighted by Gasteiger charge is 2.41. The molecule has 174 valence electrons. The van der Waals surface area contributed by atoms with Gasteiger partial charge in [0.05, 0.1) is 37.5 Å². The maximum atomic E-state index is 12.5. The van der Waals surface area contributed by atoms with Crippen molar-refractivity contribution in [1.82, 2.24) is 15.8 Å². The first-order valence-electron chi connectivity index (χ1n) is 10.7. The number of hydrogen-bond donors (Lipinski definition) is 4. The highest BCUT2D eigenvalue weighted by Crippen LogP contribution is 2.34. The molecule has 2 aliphatic rings. The van der Waals surface area contributed by atoms with Gasteiger partial charge < -0.3 is 26.3 Å². The van der Waals surface area contributed by atoms with Gasteiger partial charge in [0.2, 0.25) is 5.91 Å². The van der Waals surface area contributed by atoms with E-state index < -0.39 is 11.9 Å². The summed E-state index contributed by atoms with van der Waals surface area (Å²) < 4.78 is 10.6. The van der Waals surface area contributed by atoms with Crippen LogP contribution in [0.1, 0.15) is 34.5 Å². The van der Waals surface area contributed by atoms with Gasteiger partial charge in [-0.25, -0.2) is 5.43 Å². The Morgan fingerprint density at radius 1 is 1.21 bits per heavy atom. The normalized spacial score (nSPS) is 19.2. The number of nitrogens with one attached hydrogen (secondary N) is 2. The van der Waals surface area contributed by atoms with E-state index in [1.165, 1.54) is 7.11 Å². The van der Waals surface area contributed by atoms with Crippen LogP contribution in [0.4, 0.5) is 0 Å². The number of benzene rings is 2. The Kier molecular flexibility index (Phi) is 6.26. The number of hydrogen-bond acceptors (Lipinski definition) is 7. The van der Waals surface area contributed by atoms with Gasteiger partial charge in [0.1, 0.15) is 11.6 Å². The third kappa shape index (κ3) is 4.64. The molecule has 0 bridgehead atoms. The summed E-state index contributed by atoms with van der Waals surface area (Å²) in [7, 11) is 1.53. The van der Waals surface area contributed by atoms with E-state index in [0.717, 1.165) is 11.1 Å². The maximum absolute atomic E-state index is 12.5. The molecule has 6 N–H and O–H groups in total. The number of carbonyl (C=O) groups is 2. The average Bonchev–Trinajstić information content (AvgIpc) is 3.12. The van der Waals surface area contributed by atoms with Gasteiger partial charge >= 0.3 is 0 Å². The van der Waals surface area contributed by atoms with Gasteiger partial charge in [0, 0.05) is 18.5 Å². The standard InChI is InChI=1S/C24H29N5O4/c1-24(13-33-14-24)12-29-21(25)19(22(26)30)20(28-29)16-9-7-15(8-10-16)11-27-23(31)17-5-3-4-6-18(17)32-2/h3-10,20,28H,11-14,25H2,1-2H3,(H2,26,30)(H,27,31). The number of primary amides is 1. The van der Waals surface area contributed by atoms with Gasteiger partial charge in [0.15, 0.2) is 0 Å². The summed E-state index contributed by atoms with van der Waals surface area (Å²) in [6, 6.07) is 14.2. The monoisotopic (exact) mass is 451 g/mol. The van der Waals surface area contributed by atoms with Crippen LogP contribution in [0.25, 0.3) is 0 Å². The number of nitrogens with two attached hydrogens (primary N) is 2. The molecular formula is C24H29N5O4. The fraction of sp³-hybridized carbons (Fsp3) is 0.333. The van der Waals surface area contributed by atoms with Gasteiger partial charge in [-0.3, -0.25) is 14.6 Å². The van der Waals surface area contributed by atoms with Crippen molar-refractivity contribution in [1.29, 1.82) is 0 Å². The molecule has 2 heterocycles. The van der Waals surface area contributed by atoms with Crippen LogP contribution in [-0.2, 0) is 16.1 Å². The molecule has 33 heavy (non-hydrogen) atoms. The van der Waals surface area contributed by atoms with E-state index in [2.05, 4.69) is 17.7 Å². The van der Waals surface area contributed by atoms with Gasteiger partial charge in [-0.15, -0.1) is 0 Å². The minimum absolute atomic E-state index is 0.0290. The molecule has 2 aromatic rings. The summed E-state index contributed by atoms with van der Waals surface area (Å²) in [5.41, 5.74) is 17.8. The quantitative estimate of drug-likeness (QED) is 0.474. The first kappa shape index (κ1) is 22.6. The molecule has 2 aliphatic heterocycles. The highest BCUT2D eigenvalue weighted by atomic mass is 16.5. The minimum atomic E-state index is -0.560. The second-order valence-corrected chi connectivity index (χ2v) is 8.74. The van der Waals surface area contributed by atoms with E-state index in [0.29, 0.717) is 49.0 Å². The van der Waals surface area contributed by atoms with Crippen LogP contribution < -0.4 is 26.9 Å². The topological polar surface area (TPSA) is 132 Å². The molecule has 0 spiro atoms. The smallest absolute Gasteiger partial charge is 0.255 e. The molecule has 9 heteroatoms. The van der Waals surface area contributed by atoms with Crippen molar-refractivity contribution < 1.29 is 19.1 Å². The molecule has 4 rings (SSSR count). The molecule has 2 amide bonds. The predicted molar refractivity (Wildman–Crippen MR) is 123 cm³/mol. The Morgan fingerprint density at radius 3 is 2.52 bits per heavy atom. The zero-order valence-corrected chi connectivity index (χ0v) is 18.8. The van der Waals surface area contributed by atoms with E-state index in [1.54, 1.807) is 23.2 Å². The van der Waals surface area contributed by atoms with E-state index >= 15 is 0 Å². The van der Waals surface area contributed by atoms with E-state index in [4.69, 9.17) is 20.9 Å². The molecule has 0 saturated carbocycles. The number of para-hydroxylation sites is 1. The zero-order valence-electron chi connectivity index (χ0n) is 18.8. The van der Waals surface area contributed by atoms with Crippen LogP contribution in [0.15, 0.2) is 59.9 Å². The third-order valence-electron chi connectivity index (χ3n) is 5.96. The molecule has 0 aliphatic carbocycles. The van der Waals surface area contributed by atoms with Gasteiger partial charge in [0.25, 0.3) is 5.91 Å². The summed E-state index contributed by atoms with van der Waals surface area (Å²) in [6.45, 7) is 4.35. The Labute approximate surface area is 192 Å². The van der Waals surface area contributed by atoms with Crippen molar-refractivity contribution in [3.8, 4) is 5.75 Å². The lowest BCUT2D eigenvalue weighted by Gasteiger charge is -2.41. The number of nitrogens with zero attached hydrogens (tertiary/aromatic N) is 1. The van der Waals surface area contributed by atoms with Crippen molar-refractivity contribution in [2.45, 2.75) is 19.5 Å². The Morgan fingerprint density at radius 2 is 1.91 bits per heavy atom. The minimum Gasteiger partial charge on any atom is -0.496 e. The van der Waals surface area contributed by atoms with Crippen molar-refractivity contribution in [2.75, 3.05) is 26.9 Å². The lowest BCUT2D eigenvalue weighted by Crippen LogP contribution is -2.51. The second-order valence-electron chi connectivity index (χ2n) is 8.74. The van der Waals surface area contributed by atoms with Crippen LogP contribution in [0.5, 0.6) is 5.75 Å². The molecule has 1 atom stereocenters. The van der Waals surface area contributed by atoms with Crippen LogP contribution in [-0.4, -0.2) is 43.7 Å². The Balaban J connectivity index is 1.44. The summed E-state index contributed by atoms with van der Waals surface area (Å²) in [4.78, 5) is 24.7. The largest absolute Gasteiger partial charge is 0.496 e. The number of amides is 2. The Bertz CT molecular complexity index is 1080. The van der Waals surface area contributed by atoms with Gasteiger partial charge in [-0.05, 0) is 23.3 Å². The van der Waals surface area contributed by atoms with Crippen molar-refractivity contribution in [3.63, 3.8) is 0 Å². The molecule has 1 unspecified atom stereocenters. The van der Waals surface area contributed by atoms with Gasteiger partial charge in [-0.1, -0.05) is 43.3 Å². The first-order valence-corrected chi connectivity index (χ1v) is 10.7.